The molecule has 0 saturated carbocycles. The van der Waals surface area contributed by atoms with Gasteiger partial charge in [-0.25, -0.2) is 14.9 Å². The van der Waals surface area contributed by atoms with E-state index in [2.05, 4.69) is 20.8 Å². The Kier molecular flexibility index (Phi) is 5.49. The minimum absolute atomic E-state index is 0.260. The summed E-state index contributed by atoms with van der Waals surface area (Å²) >= 11 is 2.03. The maximum atomic E-state index is 14.2. The Hall–Kier alpha value is -2.20. The fourth-order valence-electron chi connectivity index (χ4n) is 2.35. The maximum Gasteiger partial charge on any atom is 0.279 e. The van der Waals surface area contributed by atoms with E-state index in [1.54, 1.807) is 30.5 Å². The van der Waals surface area contributed by atoms with Crippen LogP contribution in [0.2, 0.25) is 0 Å². The summed E-state index contributed by atoms with van der Waals surface area (Å²) in [5, 5.41) is 3.56. The highest BCUT2D eigenvalue weighted by Gasteiger charge is 2.20. The lowest BCUT2D eigenvalue weighted by molar-refractivity contribution is 0.0317. The Morgan fingerprint density at radius 2 is 2.24 bits per heavy atom. The molecule has 0 aliphatic heterocycles. The van der Waals surface area contributed by atoms with Crippen molar-refractivity contribution in [2.24, 2.45) is 0 Å². The number of rotatable bonds is 6. The van der Waals surface area contributed by atoms with Crippen LogP contribution < -0.4 is 10.8 Å². The van der Waals surface area contributed by atoms with Crippen LogP contribution in [0.25, 0.3) is 11.0 Å². The number of aromatic amines is 1. The van der Waals surface area contributed by atoms with Gasteiger partial charge in [-0.3, -0.25) is 9.63 Å². The van der Waals surface area contributed by atoms with Crippen molar-refractivity contribution in [3.8, 4) is 0 Å². The molecule has 25 heavy (non-hydrogen) atoms. The molecule has 3 N–H and O–H groups in total. The minimum Gasteiger partial charge on any atom is -0.339 e. The normalized spacial score (nSPS) is 10.8. The van der Waals surface area contributed by atoms with Crippen LogP contribution in [0, 0.1) is 9.39 Å². The molecule has 1 amide bonds. The molecule has 6 nitrogen and oxygen atoms in total. The summed E-state index contributed by atoms with van der Waals surface area (Å²) in [5.74, 6) is -0.486. The van der Waals surface area contributed by atoms with Crippen LogP contribution in [0.3, 0.4) is 0 Å². The molecule has 0 aliphatic rings. The minimum atomic E-state index is -0.430. The lowest BCUT2D eigenvalue weighted by Gasteiger charge is -2.09. The van der Waals surface area contributed by atoms with Crippen LogP contribution in [0.15, 0.2) is 36.5 Å². The van der Waals surface area contributed by atoms with E-state index in [9.17, 15) is 9.18 Å². The second-order valence-corrected chi connectivity index (χ2v) is 6.55. The van der Waals surface area contributed by atoms with Crippen LogP contribution >= 0.6 is 22.6 Å². The highest BCUT2D eigenvalue weighted by Crippen LogP contribution is 2.29. The molecule has 3 aromatic rings. The first kappa shape index (κ1) is 17.6. The van der Waals surface area contributed by atoms with Crippen molar-refractivity contribution in [1.29, 1.82) is 0 Å². The van der Waals surface area contributed by atoms with Crippen molar-refractivity contribution in [2.45, 2.75) is 13.3 Å². The van der Waals surface area contributed by atoms with Gasteiger partial charge in [-0.1, -0.05) is 6.92 Å². The number of aromatic nitrogens is 2. The van der Waals surface area contributed by atoms with Gasteiger partial charge in [-0.2, -0.15) is 0 Å². The van der Waals surface area contributed by atoms with Gasteiger partial charge in [-0.15, -0.1) is 0 Å². The second-order valence-electron chi connectivity index (χ2n) is 5.30. The molecule has 1 aromatic carbocycles. The Bertz CT molecular complexity index is 913. The van der Waals surface area contributed by atoms with Crippen LogP contribution in [-0.4, -0.2) is 22.5 Å². The molecule has 0 radical (unpaired) electrons. The van der Waals surface area contributed by atoms with Gasteiger partial charge >= 0.3 is 0 Å². The molecule has 0 unspecified atom stereocenters. The van der Waals surface area contributed by atoms with Crippen LogP contribution in [0.4, 0.5) is 15.9 Å². The van der Waals surface area contributed by atoms with Crippen molar-refractivity contribution in [2.75, 3.05) is 11.9 Å². The fraction of sp³-hybridized carbons (Fsp3) is 0.176. The molecule has 0 aliphatic carbocycles. The SMILES string of the molecule is CCCONC(=O)c1c(Nc2ccc(I)cc2F)[nH]c2ncccc12. The highest BCUT2D eigenvalue weighted by atomic mass is 127. The van der Waals surface area contributed by atoms with Crippen LogP contribution in [0.1, 0.15) is 23.7 Å². The number of benzene rings is 1. The molecule has 0 saturated heterocycles. The Balaban J connectivity index is 1.99. The number of hydrogen-bond donors (Lipinski definition) is 3. The number of fused-ring (bicyclic) bond motifs is 1. The number of halogens is 2. The van der Waals surface area contributed by atoms with E-state index in [1.807, 2.05) is 29.5 Å². The zero-order valence-corrected chi connectivity index (χ0v) is 15.6. The largest absolute Gasteiger partial charge is 0.339 e. The number of hydroxylamine groups is 1. The summed E-state index contributed by atoms with van der Waals surface area (Å²) in [5.41, 5.74) is 3.51. The number of H-pyrrole nitrogens is 1. The number of nitrogens with zero attached hydrogens (tertiary/aromatic N) is 1. The quantitative estimate of drug-likeness (QED) is 0.298. The number of hydrogen-bond acceptors (Lipinski definition) is 4. The molecule has 0 spiro atoms. The van der Waals surface area contributed by atoms with Gasteiger partial charge in [0.2, 0.25) is 0 Å². The fourth-order valence-corrected chi connectivity index (χ4v) is 2.80. The summed E-state index contributed by atoms with van der Waals surface area (Å²) < 4.78 is 14.9. The van der Waals surface area contributed by atoms with Gasteiger partial charge in [0.25, 0.3) is 5.91 Å². The smallest absolute Gasteiger partial charge is 0.279 e. The predicted molar refractivity (Wildman–Crippen MR) is 102 cm³/mol. The molecule has 0 bridgehead atoms. The Labute approximate surface area is 157 Å². The standard InChI is InChI=1S/C17H16FIN4O2/c1-2-8-25-23-17(24)14-11-4-3-7-20-15(11)22-16(14)21-13-6-5-10(19)9-12(13)18/h3-7,9,21H,2,8H2,1H3,(H,20,22)(H,23,24). The van der Waals surface area contributed by atoms with Gasteiger partial charge < -0.3 is 10.3 Å². The topological polar surface area (TPSA) is 79.0 Å². The Morgan fingerprint density at radius 3 is 3.00 bits per heavy atom. The number of carbonyl (C=O) groups excluding carboxylic acids is 1. The van der Waals surface area contributed by atoms with E-state index < -0.39 is 11.7 Å². The summed E-state index contributed by atoms with van der Waals surface area (Å²) in [6.07, 6.45) is 2.39. The zero-order chi connectivity index (χ0) is 17.8. The van der Waals surface area contributed by atoms with Crippen LogP contribution in [0.5, 0.6) is 0 Å². The van der Waals surface area contributed by atoms with Crippen molar-refractivity contribution < 1.29 is 14.0 Å². The molecule has 2 aromatic heterocycles. The van der Waals surface area contributed by atoms with Crippen molar-refractivity contribution in [3.63, 3.8) is 0 Å². The van der Waals surface area contributed by atoms with E-state index in [0.717, 1.165) is 9.99 Å². The summed E-state index contributed by atoms with van der Waals surface area (Å²) in [4.78, 5) is 24.9. The second kappa shape index (κ2) is 7.79. The van der Waals surface area contributed by atoms with E-state index in [0.29, 0.717) is 29.0 Å². The molecule has 3 rings (SSSR count). The van der Waals surface area contributed by atoms with E-state index in [-0.39, 0.29) is 5.69 Å². The lowest BCUT2D eigenvalue weighted by Crippen LogP contribution is -2.24. The van der Waals surface area contributed by atoms with Crippen molar-refractivity contribution in [1.82, 2.24) is 15.4 Å². The average molecular weight is 454 g/mol. The van der Waals surface area contributed by atoms with Gasteiger partial charge in [0, 0.05) is 15.2 Å². The average Bonchev–Trinajstić information content (AvgIpc) is 2.95. The molecule has 8 heteroatoms. The first-order valence-corrected chi connectivity index (χ1v) is 8.79. The third-order valence-corrected chi connectivity index (χ3v) is 4.13. The van der Waals surface area contributed by atoms with E-state index in [1.165, 1.54) is 6.07 Å². The van der Waals surface area contributed by atoms with Crippen molar-refractivity contribution >= 4 is 51.0 Å². The number of amides is 1. The molecule has 0 atom stereocenters. The number of nitrogens with one attached hydrogen (secondary N) is 3. The van der Waals surface area contributed by atoms with E-state index >= 15 is 0 Å². The molecular formula is C17H16FIN4O2. The first-order valence-electron chi connectivity index (χ1n) is 7.71. The summed E-state index contributed by atoms with van der Waals surface area (Å²) in [6, 6.07) is 8.30. The highest BCUT2D eigenvalue weighted by molar-refractivity contribution is 14.1. The summed E-state index contributed by atoms with van der Waals surface area (Å²) in [7, 11) is 0. The van der Waals surface area contributed by atoms with Gasteiger partial charge in [-0.05, 0) is 59.3 Å². The summed E-state index contributed by atoms with van der Waals surface area (Å²) in [6.45, 7) is 2.34. The Morgan fingerprint density at radius 1 is 1.40 bits per heavy atom. The number of pyridine rings is 1. The van der Waals surface area contributed by atoms with E-state index in [4.69, 9.17) is 4.84 Å². The third-order valence-electron chi connectivity index (χ3n) is 3.46. The number of anilines is 2. The molecule has 2 heterocycles. The van der Waals surface area contributed by atoms with Crippen LogP contribution in [-0.2, 0) is 4.84 Å². The third kappa shape index (κ3) is 3.90. The lowest BCUT2D eigenvalue weighted by atomic mass is 10.2. The number of carbonyl (C=O) groups is 1. The maximum absolute atomic E-state index is 14.2. The molecular weight excluding hydrogens is 438 g/mol. The van der Waals surface area contributed by atoms with Gasteiger partial charge in [0.15, 0.2) is 0 Å². The zero-order valence-electron chi connectivity index (χ0n) is 13.4. The van der Waals surface area contributed by atoms with Crippen molar-refractivity contribution in [3.05, 3.63) is 51.5 Å². The predicted octanol–water partition coefficient (Wildman–Crippen LogP) is 4.12. The molecule has 0 fully saturated rings. The van der Waals surface area contributed by atoms with Gasteiger partial charge in [0.05, 0.1) is 17.9 Å². The van der Waals surface area contributed by atoms with Gasteiger partial charge in [0.1, 0.15) is 17.3 Å². The first-order chi connectivity index (χ1) is 12.1. The monoisotopic (exact) mass is 454 g/mol. The molecule has 130 valence electrons.